The van der Waals surface area contributed by atoms with Crippen molar-refractivity contribution in [1.29, 1.82) is 0 Å². The molecule has 1 aromatic carbocycles. The van der Waals surface area contributed by atoms with Gasteiger partial charge in [-0.2, -0.15) is 10.2 Å². The Morgan fingerprint density at radius 3 is 2.59 bits per heavy atom. The van der Waals surface area contributed by atoms with Crippen LogP contribution in [0.5, 0.6) is 0 Å². The van der Waals surface area contributed by atoms with Gasteiger partial charge in [-0.05, 0) is 37.6 Å². The van der Waals surface area contributed by atoms with Gasteiger partial charge in [0.1, 0.15) is 12.7 Å². The quantitative estimate of drug-likeness (QED) is 0.589. The van der Waals surface area contributed by atoms with E-state index in [1.165, 1.54) is 6.33 Å². The highest BCUT2D eigenvalue weighted by atomic mass is 15.3. The van der Waals surface area contributed by atoms with Crippen LogP contribution in [0.2, 0.25) is 0 Å². The van der Waals surface area contributed by atoms with Gasteiger partial charge in [0.05, 0.1) is 23.1 Å². The lowest BCUT2D eigenvalue weighted by Crippen LogP contribution is -2.10. The molecule has 4 rings (SSSR count). The molecule has 0 bridgehead atoms. The first-order valence-electron chi connectivity index (χ1n) is 8.65. The summed E-state index contributed by atoms with van der Waals surface area (Å²) in [6, 6.07) is 10.1. The number of aryl methyl sites for hydroxylation is 2. The Bertz CT molecular complexity index is 1030. The van der Waals surface area contributed by atoms with Gasteiger partial charge in [0.25, 0.3) is 0 Å². The number of hydrogen-bond donors (Lipinski definition) is 1. The van der Waals surface area contributed by atoms with Crippen molar-refractivity contribution < 1.29 is 0 Å². The average molecular weight is 360 g/mol. The van der Waals surface area contributed by atoms with Gasteiger partial charge in [-0.1, -0.05) is 12.1 Å². The summed E-state index contributed by atoms with van der Waals surface area (Å²) in [5.74, 6) is 0.587. The number of rotatable bonds is 5. The van der Waals surface area contributed by atoms with Crippen LogP contribution >= 0.6 is 0 Å². The molecular weight excluding hydrogens is 340 g/mol. The summed E-state index contributed by atoms with van der Waals surface area (Å²) < 4.78 is 3.52. The molecule has 0 aliphatic rings. The molecule has 8 nitrogen and oxygen atoms in total. The van der Waals surface area contributed by atoms with Gasteiger partial charge in [0, 0.05) is 25.0 Å². The van der Waals surface area contributed by atoms with Gasteiger partial charge in [0.15, 0.2) is 0 Å². The molecule has 3 heterocycles. The summed E-state index contributed by atoms with van der Waals surface area (Å²) in [6.07, 6.45) is 6.92. The maximum atomic E-state index is 4.64. The van der Waals surface area contributed by atoms with Crippen LogP contribution in [0.15, 0.2) is 55.4 Å². The molecule has 0 spiro atoms. The minimum absolute atomic E-state index is 0.0556. The first kappa shape index (κ1) is 16.9. The zero-order valence-corrected chi connectivity index (χ0v) is 15.4. The summed E-state index contributed by atoms with van der Waals surface area (Å²) >= 11 is 0. The van der Waals surface area contributed by atoms with Crippen molar-refractivity contribution in [3.05, 3.63) is 66.6 Å². The Balaban J connectivity index is 1.52. The molecule has 0 saturated heterocycles. The van der Waals surface area contributed by atoms with Gasteiger partial charge in [0.2, 0.25) is 5.95 Å². The lowest BCUT2D eigenvalue weighted by atomic mass is 10.1. The van der Waals surface area contributed by atoms with Crippen LogP contribution in [0.25, 0.3) is 16.9 Å². The molecule has 27 heavy (non-hydrogen) atoms. The lowest BCUT2D eigenvalue weighted by Gasteiger charge is -2.15. The van der Waals surface area contributed by atoms with Crippen molar-refractivity contribution in [2.24, 2.45) is 7.05 Å². The van der Waals surface area contributed by atoms with E-state index >= 15 is 0 Å². The van der Waals surface area contributed by atoms with Crippen molar-refractivity contribution in [3.63, 3.8) is 0 Å². The first-order valence-corrected chi connectivity index (χ1v) is 8.65. The normalized spacial score (nSPS) is 12.1. The number of nitrogens with zero attached hydrogens (tertiary/aromatic N) is 7. The van der Waals surface area contributed by atoms with Crippen molar-refractivity contribution in [1.82, 2.24) is 34.5 Å². The van der Waals surface area contributed by atoms with Crippen LogP contribution in [0.1, 0.15) is 24.2 Å². The molecule has 0 amide bonds. The van der Waals surface area contributed by atoms with E-state index in [4.69, 9.17) is 0 Å². The predicted octanol–water partition coefficient (Wildman–Crippen LogP) is 2.94. The minimum atomic E-state index is 0.0556. The number of nitrogens with one attached hydrogen (secondary N) is 1. The Labute approximate surface area is 156 Å². The zero-order chi connectivity index (χ0) is 18.8. The average Bonchev–Trinajstić information content (AvgIpc) is 3.32. The molecule has 8 heteroatoms. The molecule has 0 saturated carbocycles. The fourth-order valence-corrected chi connectivity index (χ4v) is 2.96. The molecule has 0 aliphatic carbocycles. The number of hydrogen-bond acceptors (Lipinski definition) is 6. The topological polar surface area (TPSA) is 86.3 Å². The second kappa shape index (κ2) is 6.99. The van der Waals surface area contributed by atoms with Crippen molar-refractivity contribution in [2.75, 3.05) is 5.32 Å². The van der Waals surface area contributed by atoms with E-state index in [9.17, 15) is 0 Å². The number of anilines is 1. The highest BCUT2D eigenvalue weighted by Crippen LogP contribution is 2.23. The van der Waals surface area contributed by atoms with E-state index in [2.05, 4.69) is 49.5 Å². The summed E-state index contributed by atoms with van der Waals surface area (Å²) in [4.78, 5) is 13.0. The van der Waals surface area contributed by atoms with Gasteiger partial charge in [-0.25, -0.2) is 19.6 Å². The summed E-state index contributed by atoms with van der Waals surface area (Å²) in [7, 11) is 1.90. The van der Waals surface area contributed by atoms with E-state index in [0.717, 1.165) is 28.2 Å². The summed E-state index contributed by atoms with van der Waals surface area (Å²) in [6.45, 7) is 4.06. The van der Waals surface area contributed by atoms with Crippen LogP contribution < -0.4 is 5.32 Å². The largest absolute Gasteiger partial charge is 0.348 e. The Morgan fingerprint density at radius 1 is 1.11 bits per heavy atom. The van der Waals surface area contributed by atoms with Crippen LogP contribution in [0, 0.1) is 6.92 Å². The smallest absolute Gasteiger partial charge is 0.223 e. The minimum Gasteiger partial charge on any atom is -0.348 e. The van der Waals surface area contributed by atoms with E-state index in [-0.39, 0.29) is 6.04 Å². The van der Waals surface area contributed by atoms with Gasteiger partial charge < -0.3 is 5.32 Å². The molecule has 1 atom stereocenters. The maximum Gasteiger partial charge on any atom is 0.223 e. The van der Waals surface area contributed by atoms with Crippen LogP contribution in [0.3, 0.4) is 0 Å². The third kappa shape index (κ3) is 3.55. The molecule has 136 valence electrons. The van der Waals surface area contributed by atoms with E-state index < -0.39 is 0 Å². The fourth-order valence-electron chi connectivity index (χ4n) is 2.96. The molecule has 0 radical (unpaired) electrons. The molecule has 0 fully saturated rings. The highest BCUT2D eigenvalue weighted by Gasteiger charge is 2.11. The monoisotopic (exact) mass is 360 g/mol. The second-order valence-corrected chi connectivity index (χ2v) is 6.36. The molecule has 3 aromatic heterocycles. The van der Waals surface area contributed by atoms with Gasteiger partial charge >= 0.3 is 0 Å². The van der Waals surface area contributed by atoms with E-state index in [1.54, 1.807) is 21.9 Å². The van der Waals surface area contributed by atoms with Gasteiger partial charge in [-0.15, -0.1) is 0 Å². The fraction of sp³-hybridized carbons (Fsp3) is 0.211. The van der Waals surface area contributed by atoms with Crippen molar-refractivity contribution >= 4 is 5.95 Å². The Morgan fingerprint density at radius 2 is 1.93 bits per heavy atom. The van der Waals surface area contributed by atoms with Crippen LogP contribution in [-0.4, -0.2) is 34.5 Å². The SMILES string of the molecule is Cc1nn(C)cc1-c1ccnc(N[C@H](C)c2ccc(-n3cncn3)cc2)n1. The zero-order valence-electron chi connectivity index (χ0n) is 15.4. The maximum absolute atomic E-state index is 4.64. The molecule has 0 unspecified atom stereocenters. The molecule has 1 N–H and O–H groups in total. The highest BCUT2D eigenvalue weighted by molar-refractivity contribution is 5.61. The predicted molar refractivity (Wildman–Crippen MR) is 102 cm³/mol. The van der Waals surface area contributed by atoms with Gasteiger partial charge in [-0.3, -0.25) is 4.68 Å². The Kier molecular flexibility index (Phi) is 4.37. The number of benzene rings is 1. The second-order valence-electron chi connectivity index (χ2n) is 6.36. The van der Waals surface area contributed by atoms with Crippen molar-refractivity contribution in [2.45, 2.75) is 19.9 Å². The number of aromatic nitrogens is 7. The first-order chi connectivity index (χ1) is 13.1. The standard InChI is InChI=1S/C19H20N8/c1-13(15-4-6-16(7-5-15)27-12-20-11-22-27)23-19-21-9-8-18(24-19)17-10-26(3)25-14(17)2/h4-13H,1-3H3,(H,21,23,24)/t13-/m1/s1. The third-order valence-electron chi connectivity index (χ3n) is 4.37. The summed E-state index contributed by atoms with van der Waals surface area (Å²) in [5, 5.41) is 11.9. The Hall–Kier alpha value is -3.55. The third-order valence-corrected chi connectivity index (χ3v) is 4.37. The molecular formula is C19H20N8. The lowest BCUT2D eigenvalue weighted by molar-refractivity contribution is 0.756. The van der Waals surface area contributed by atoms with Crippen LogP contribution in [0.4, 0.5) is 5.95 Å². The van der Waals surface area contributed by atoms with Crippen molar-refractivity contribution in [3.8, 4) is 16.9 Å². The van der Waals surface area contributed by atoms with Crippen LogP contribution in [-0.2, 0) is 7.05 Å². The summed E-state index contributed by atoms with van der Waals surface area (Å²) in [5.41, 5.74) is 4.90. The van der Waals surface area contributed by atoms with E-state index in [1.807, 2.05) is 38.4 Å². The molecule has 4 aromatic rings. The van der Waals surface area contributed by atoms with E-state index in [0.29, 0.717) is 5.95 Å². The molecule has 0 aliphatic heterocycles.